The Labute approximate surface area is 163 Å². The van der Waals surface area contributed by atoms with E-state index in [1.807, 2.05) is 0 Å². The molecule has 0 unspecified atom stereocenters. The van der Waals surface area contributed by atoms with Gasteiger partial charge in [-0.2, -0.15) is 0 Å². The van der Waals surface area contributed by atoms with Crippen molar-refractivity contribution < 1.29 is 23.5 Å². The van der Waals surface area contributed by atoms with Crippen molar-refractivity contribution in [3.63, 3.8) is 0 Å². The first-order chi connectivity index (χ1) is 13.6. The molecule has 0 aliphatic carbocycles. The Morgan fingerprint density at radius 1 is 1.14 bits per heavy atom. The molecular formula is C21H23FN2O4. The molecule has 2 aromatic carbocycles. The predicted octanol–water partition coefficient (Wildman–Crippen LogP) is 3.46. The highest BCUT2D eigenvalue weighted by Gasteiger charge is 2.24. The van der Waals surface area contributed by atoms with E-state index in [0.717, 1.165) is 12.0 Å². The van der Waals surface area contributed by atoms with Crippen LogP contribution in [0, 0.1) is 5.82 Å². The molecule has 2 aromatic rings. The molecule has 0 aromatic heterocycles. The highest BCUT2D eigenvalue weighted by molar-refractivity contribution is 5.92. The molecule has 28 heavy (non-hydrogen) atoms. The molecule has 0 spiro atoms. The summed E-state index contributed by atoms with van der Waals surface area (Å²) >= 11 is 0. The van der Waals surface area contributed by atoms with Gasteiger partial charge >= 0.3 is 12.0 Å². The molecule has 2 amide bonds. The van der Waals surface area contributed by atoms with Gasteiger partial charge in [0.25, 0.3) is 0 Å². The zero-order valence-corrected chi connectivity index (χ0v) is 15.8. The number of amides is 2. The molecule has 6 nitrogen and oxygen atoms in total. The van der Waals surface area contributed by atoms with Gasteiger partial charge in [-0.15, -0.1) is 0 Å². The number of hydrogen-bond donors (Lipinski definition) is 0. The summed E-state index contributed by atoms with van der Waals surface area (Å²) in [6.07, 6.45) is 0.760. The van der Waals surface area contributed by atoms with Crippen LogP contribution in [0.3, 0.4) is 0 Å². The maximum atomic E-state index is 13.8. The lowest BCUT2D eigenvalue weighted by molar-refractivity contribution is 0.0600. The summed E-state index contributed by atoms with van der Waals surface area (Å²) in [5.41, 5.74) is 1.73. The van der Waals surface area contributed by atoms with Crippen molar-refractivity contribution >= 4 is 17.7 Å². The second-order valence-corrected chi connectivity index (χ2v) is 6.49. The van der Waals surface area contributed by atoms with Gasteiger partial charge in [0.2, 0.25) is 0 Å². The number of hydrogen-bond acceptors (Lipinski definition) is 4. The van der Waals surface area contributed by atoms with Gasteiger partial charge in [0.1, 0.15) is 5.82 Å². The molecule has 1 saturated heterocycles. The van der Waals surface area contributed by atoms with Crippen LogP contribution < -0.4 is 4.90 Å². The summed E-state index contributed by atoms with van der Waals surface area (Å²) in [5, 5.41) is 0. The topological polar surface area (TPSA) is 59.1 Å². The molecule has 0 saturated carbocycles. The largest absolute Gasteiger partial charge is 0.465 e. The number of halogens is 1. The third-order valence-corrected chi connectivity index (χ3v) is 4.56. The standard InChI is InChI=1S/C21H23FN2O4/c1-27-20(25)17-8-6-16(7-9-17)15-24(19-5-2-4-18(22)14-19)21(26)23-10-3-12-28-13-11-23/h2,4-9,14H,3,10-13,15H2,1H3. The van der Waals surface area contributed by atoms with Gasteiger partial charge in [0.15, 0.2) is 0 Å². The third kappa shape index (κ3) is 4.86. The van der Waals surface area contributed by atoms with Gasteiger partial charge < -0.3 is 14.4 Å². The number of methoxy groups -OCH3 is 1. The fraction of sp³-hybridized carbons (Fsp3) is 0.333. The number of anilines is 1. The van der Waals surface area contributed by atoms with Crippen LogP contribution in [-0.2, 0) is 16.0 Å². The summed E-state index contributed by atoms with van der Waals surface area (Å²) in [6, 6.07) is 12.6. The minimum Gasteiger partial charge on any atom is -0.465 e. The first kappa shape index (κ1) is 19.8. The van der Waals surface area contributed by atoms with E-state index < -0.39 is 11.8 Å². The maximum absolute atomic E-state index is 13.8. The number of esters is 1. The molecule has 7 heteroatoms. The van der Waals surface area contributed by atoms with E-state index >= 15 is 0 Å². The van der Waals surface area contributed by atoms with E-state index in [1.54, 1.807) is 46.2 Å². The van der Waals surface area contributed by atoms with Crippen molar-refractivity contribution in [1.82, 2.24) is 4.90 Å². The molecule has 1 aliphatic heterocycles. The van der Waals surface area contributed by atoms with Crippen LogP contribution in [0.1, 0.15) is 22.3 Å². The Morgan fingerprint density at radius 3 is 2.64 bits per heavy atom. The number of nitrogens with zero attached hydrogens (tertiary/aromatic N) is 2. The molecule has 0 atom stereocenters. The molecule has 1 fully saturated rings. The van der Waals surface area contributed by atoms with Gasteiger partial charge in [-0.1, -0.05) is 18.2 Å². The molecule has 0 radical (unpaired) electrons. The van der Waals surface area contributed by atoms with Crippen LogP contribution in [0.15, 0.2) is 48.5 Å². The highest BCUT2D eigenvalue weighted by atomic mass is 19.1. The SMILES string of the molecule is COC(=O)c1ccc(CN(C(=O)N2CCCOCC2)c2cccc(F)c2)cc1. The van der Waals surface area contributed by atoms with Gasteiger partial charge in [0, 0.05) is 25.4 Å². The van der Waals surface area contributed by atoms with Crippen molar-refractivity contribution in [3.05, 3.63) is 65.5 Å². The highest BCUT2D eigenvalue weighted by Crippen LogP contribution is 2.21. The van der Waals surface area contributed by atoms with E-state index in [4.69, 9.17) is 9.47 Å². The molecule has 1 aliphatic rings. The van der Waals surface area contributed by atoms with Crippen molar-refractivity contribution in [2.75, 3.05) is 38.3 Å². The smallest absolute Gasteiger partial charge is 0.337 e. The monoisotopic (exact) mass is 386 g/mol. The fourth-order valence-corrected chi connectivity index (χ4v) is 3.07. The van der Waals surface area contributed by atoms with Gasteiger partial charge in [0.05, 0.1) is 25.8 Å². The summed E-state index contributed by atoms with van der Waals surface area (Å²) < 4.78 is 23.9. The zero-order chi connectivity index (χ0) is 19.9. The van der Waals surface area contributed by atoms with Crippen molar-refractivity contribution in [2.24, 2.45) is 0 Å². The summed E-state index contributed by atoms with van der Waals surface area (Å²) in [7, 11) is 1.32. The Morgan fingerprint density at radius 2 is 1.93 bits per heavy atom. The van der Waals surface area contributed by atoms with E-state index in [2.05, 4.69) is 0 Å². The summed E-state index contributed by atoms with van der Waals surface area (Å²) in [5.74, 6) is -0.829. The van der Waals surface area contributed by atoms with Crippen LogP contribution >= 0.6 is 0 Å². The maximum Gasteiger partial charge on any atom is 0.337 e. The van der Waals surface area contributed by atoms with E-state index in [1.165, 1.54) is 19.2 Å². The Balaban J connectivity index is 1.85. The average molecular weight is 386 g/mol. The van der Waals surface area contributed by atoms with E-state index in [9.17, 15) is 14.0 Å². The van der Waals surface area contributed by atoms with Gasteiger partial charge in [-0.25, -0.2) is 14.0 Å². The lowest BCUT2D eigenvalue weighted by atomic mass is 10.1. The third-order valence-electron chi connectivity index (χ3n) is 4.56. The number of urea groups is 1. The van der Waals surface area contributed by atoms with Crippen molar-refractivity contribution in [2.45, 2.75) is 13.0 Å². The first-order valence-corrected chi connectivity index (χ1v) is 9.15. The zero-order valence-electron chi connectivity index (χ0n) is 15.8. The van der Waals surface area contributed by atoms with E-state index in [0.29, 0.717) is 37.6 Å². The van der Waals surface area contributed by atoms with Gasteiger partial charge in [-0.05, 0) is 42.3 Å². The molecule has 3 rings (SSSR count). The Kier molecular flexibility index (Phi) is 6.60. The lowest BCUT2D eigenvalue weighted by Gasteiger charge is -2.30. The predicted molar refractivity (Wildman–Crippen MR) is 103 cm³/mol. The van der Waals surface area contributed by atoms with Crippen LogP contribution in [0.25, 0.3) is 0 Å². The normalized spacial score (nSPS) is 14.3. The number of benzene rings is 2. The molecular weight excluding hydrogens is 363 g/mol. The van der Waals surface area contributed by atoms with E-state index in [-0.39, 0.29) is 12.6 Å². The second-order valence-electron chi connectivity index (χ2n) is 6.49. The minimum atomic E-state index is -0.422. The van der Waals surface area contributed by atoms with Crippen molar-refractivity contribution in [3.8, 4) is 0 Å². The number of carbonyl (C=O) groups is 2. The van der Waals surface area contributed by atoms with Gasteiger partial charge in [-0.3, -0.25) is 4.90 Å². The number of ether oxygens (including phenoxy) is 2. The van der Waals surface area contributed by atoms with Crippen LogP contribution in [-0.4, -0.2) is 50.3 Å². The second kappa shape index (κ2) is 9.32. The number of rotatable bonds is 4. The minimum absolute atomic E-state index is 0.201. The quantitative estimate of drug-likeness (QED) is 0.755. The fourth-order valence-electron chi connectivity index (χ4n) is 3.07. The first-order valence-electron chi connectivity index (χ1n) is 9.15. The van der Waals surface area contributed by atoms with Crippen LogP contribution in [0.4, 0.5) is 14.9 Å². The molecule has 0 bridgehead atoms. The number of carbonyl (C=O) groups excluding carboxylic acids is 2. The molecule has 1 heterocycles. The van der Waals surface area contributed by atoms with Crippen LogP contribution in [0.5, 0.6) is 0 Å². The average Bonchev–Trinajstić information content (AvgIpc) is 3.01. The molecule has 0 N–H and O–H groups in total. The Hall–Kier alpha value is -2.93. The molecule has 148 valence electrons. The lowest BCUT2D eigenvalue weighted by Crippen LogP contribution is -2.44. The summed E-state index contributed by atoms with van der Waals surface area (Å²) in [4.78, 5) is 28.1. The van der Waals surface area contributed by atoms with Crippen molar-refractivity contribution in [1.29, 1.82) is 0 Å². The summed E-state index contributed by atoms with van der Waals surface area (Å²) in [6.45, 7) is 2.44. The van der Waals surface area contributed by atoms with Crippen LogP contribution in [0.2, 0.25) is 0 Å². The Bertz CT molecular complexity index is 817.